The molecule has 150 valence electrons. The molecule has 0 amide bonds. The number of fused-ring (bicyclic) bond motifs is 1. The molecule has 0 bridgehead atoms. The second-order valence-corrected chi connectivity index (χ2v) is 7.73. The quantitative estimate of drug-likeness (QED) is 0.585. The molecule has 4 heteroatoms. The summed E-state index contributed by atoms with van der Waals surface area (Å²) in [4.78, 5) is 2.46. The van der Waals surface area contributed by atoms with E-state index in [0.717, 1.165) is 50.1 Å². The topological polar surface area (TPSA) is 15.3 Å². The van der Waals surface area contributed by atoms with Crippen molar-refractivity contribution in [3.63, 3.8) is 0 Å². The summed E-state index contributed by atoms with van der Waals surface area (Å²) in [6.07, 6.45) is 1.64. The minimum atomic E-state index is -0.216. The second kappa shape index (κ2) is 9.29. The Bertz CT molecular complexity index is 925. The number of rotatable bonds is 7. The van der Waals surface area contributed by atoms with Crippen molar-refractivity contribution in [1.29, 1.82) is 0 Å². The molecule has 0 saturated heterocycles. The third kappa shape index (κ3) is 5.28. The fourth-order valence-electron chi connectivity index (χ4n) is 4.08. The van der Waals surface area contributed by atoms with Crippen molar-refractivity contribution in [2.24, 2.45) is 0 Å². The SMILES string of the molecule is Fc1ccc(CC2Cc3cc(F)ccc3CN2CCNCc2ccccc2)cc1. The summed E-state index contributed by atoms with van der Waals surface area (Å²) >= 11 is 0. The Kier molecular flexibility index (Phi) is 6.33. The molecule has 1 heterocycles. The predicted molar refractivity (Wildman–Crippen MR) is 113 cm³/mol. The van der Waals surface area contributed by atoms with Gasteiger partial charge in [0, 0.05) is 32.2 Å². The molecule has 0 saturated carbocycles. The molecular formula is C25H26F2N2. The highest BCUT2D eigenvalue weighted by molar-refractivity contribution is 5.32. The Hall–Kier alpha value is -2.56. The fraction of sp³-hybridized carbons (Fsp3) is 0.280. The number of benzene rings is 3. The first kappa shape index (κ1) is 19.7. The number of nitrogens with one attached hydrogen (secondary N) is 1. The van der Waals surface area contributed by atoms with E-state index >= 15 is 0 Å². The molecule has 1 atom stereocenters. The smallest absolute Gasteiger partial charge is 0.123 e. The van der Waals surface area contributed by atoms with Crippen LogP contribution in [0.4, 0.5) is 8.78 Å². The van der Waals surface area contributed by atoms with E-state index < -0.39 is 0 Å². The van der Waals surface area contributed by atoms with Gasteiger partial charge < -0.3 is 5.32 Å². The van der Waals surface area contributed by atoms with Gasteiger partial charge in [0.05, 0.1) is 0 Å². The third-order valence-corrected chi connectivity index (χ3v) is 5.65. The van der Waals surface area contributed by atoms with Crippen molar-refractivity contribution in [3.8, 4) is 0 Å². The van der Waals surface area contributed by atoms with Crippen molar-refractivity contribution in [1.82, 2.24) is 10.2 Å². The van der Waals surface area contributed by atoms with Crippen LogP contribution in [-0.4, -0.2) is 24.0 Å². The van der Waals surface area contributed by atoms with Gasteiger partial charge in [-0.25, -0.2) is 8.78 Å². The van der Waals surface area contributed by atoms with Crippen LogP contribution in [0.5, 0.6) is 0 Å². The van der Waals surface area contributed by atoms with Crippen LogP contribution >= 0.6 is 0 Å². The Balaban J connectivity index is 1.42. The molecule has 3 aromatic carbocycles. The number of nitrogens with zero attached hydrogens (tertiary/aromatic N) is 1. The lowest BCUT2D eigenvalue weighted by Crippen LogP contribution is -2.44. The average molecular weight is 392 g/mol. The van der Waals surface area contributed by atoms with E-state index in [2.05, 4.69) is 34.5 Å². The first-order chi connectivity index (χ1) is 14.2. The summed E-state index contributed by atoms with van der Waals surface area (Å²) in [5.74, 6) is -0.394. The Labute approximate surface area is 171 Å². The van der Waals surface area contributed by atoms with Crippen LogP contribution < -0.4 is 5.32 Å². The first-order valence-electron chi connectivity index (χ1n) is 10.2. The molecule has 1 aliphatic rings. The van der Waals surface area contributed by atoms with Crippen molar-refractivity contribution in [2.45, 2.75) is 32.0 Å². The molecule has 0 aliphatic carbocycles. The third-order valence-electron chi connectivity index (χ3n) is 5.65. The van der Waals surface area contributed by atoms with Gasteiger partial charge in [0.2, 0.25) is 0 Å². The summed E-state index contributed by atoms with van der Waals surface area (Å²) in [5.41, 5.74) is 4.67. The molecule has 0 fully saturated rings. The molecule has 4 rings (SSSR count). The number of hydrogen-bond donors (Lipinski definition) is 1. The predicted octanol–water partition coefficient (Wildman–Crippen LogP) is 4.72. The van der Waals surface area contributed by atoms with Crippen molar-refractivity contribution < 1.29 is 8.78 Å². The standard InChI is InChI=1S/C25H26F2N2/c26-23-9-6-19(7-10-23)14-25-16-22-15-24(27)11-8-21(22)18-29(25)13-12-28-17-20-4-2-1-3-5-20/h1-11,15,25,28H,12-14,16-18H2. The highest BCUT2D eigenvalue weighted by atomic mass is 19.1. The van der Waals surface area contributed by atoms with Crippen molar-refractivity contribution in [2.75, 3.05) is 13.1 Å². The molecule has 2 nitrogen and oxygen atoms in total. The molecule has 0 aromatic heterocycles. The zero-order valence-electron chi connectivity index (χ0n) is 16.5. The van der Waals surface area contributed by atoms with Gasteiger partial charge in [-0.05, 0) is 59.4 Å². The Morgan fingerprint density at radius 3 is 2.38 bits per heavy atom. The van der Waals surface area contributed by atoms with Crippen LogP contribution in [0.3, 0.4) is 0 Å². The maximum atomic E-state index is 13.7. The van der Waals surface area contributed by atoms with E-state index in [4.69, 9.17) is 0 Å². The van der Waals surface area contributed by atoms with E-state index in [-0.39, 0.29) is 17.7 Å². The lowest BCUT2D eigenvalue weighted by Gasteiger charge is -2.37. The molecule has 1 aliphatic heterocycles. The van der Waals surface area contributed by atoms with Crippen LogP contribution in [0.2, 0.25) is 0 Å². The number of hydrogen-bond acceptors (Lipinski definition) is 2. The summed E-state index contributed by atoms with van der Waals surface area (Å²) in [6.45, 7) is 3.45. The largest absolute Gasteiger partial charge is 0.311 e. The van der Waals surface area contributed by atoms with Crippen LogP contribution in [0.1, 0.15) is 22.3 Å². The van der Waals surface area contributed by atoms with Gasteiger partial charge in [0.1, 0.15) is 11.6 Å². The fourth-order valence-corrected chi connectivity index (χ4v) is 4.08. The summed E-state index contributed by atoms with van der Waals surface area (Å²) in [6, 6.07) is 22.5. The normalized spacial score (nSPS) is 16.6. The average Bonchev–Trinajstić information content (AvgIpc) is 2.74. The Morgan fingerprint density at radius 1 is 0.828 bits per heavy atom. The molecule has 3 aromatic rings. The maximum absolute atomic E-state index is 13.7. The highest BCUT2D eigenvalue weighted by Gasteiger charge is 2.26. The second-order valence-electron chi connectivity index (χ2n) is 7.73. The van der Waals surface area contributed by atoms with Crippen LogP contribution in [0.25, 0.3) is 0 Å². The number of halogens is 2. The lowest BCUT2D eigenvalue weighted by molar-refractivity contribution is 0.170. The van der Waals surface area contributed by atoms with Crippen LogP contribution in [-0.2, 0) is 25.9 Å². The first-order valence-corrected chi connectivity index (χ1v) is 10.2. The summed E-state index contributed by atoms with van der Waals surface area (Å²) in [5, 5.41) is 3.52. The highest BCUT2D eigenvalue weighted by Crippen LogP contribution is 2.26. The molecular weight excluding hydrogens is 366 g/mol. The minimum absolute atomic E-state index is 0.178. The van der Waals surface area contributed by atoms with E-state index in [9.17, 15) is 8.78 Å². The Morgan fingerprint density at radius 2 is 1.59 bits per heavy atom. The van der Waals surface area contributed by atoms with Gasteiger partial charge in [-0.2, -0.15) is 0 Å². The van der Waals surface area contributed by atoms with Gasteiger partial charge in [-0.15, -0.1) is 0 Å². The summed E-state index contributed by atoms with van der Waals surface area (Å²) in [7, 11) is 0. The molecule has 1 N–H and O–H groups in total. The van der Waals surface area contributed by atoms with Gasteiger partial charge in [0.25, 0.3) is 0 Å². The van der Waals surface area contributed by atoms with Gasteiger partial charge >= 0.3 is 0 Å². The molecule has 0 spiro atoms. The van der Waals surface area contributed by atoms with Gasteiger partial charge in [-0.1, -0.05) is 48.5 Å². The van der Waals surface area contributed by atoms with Crippen LogP contribution in [0.15, 0.2) is 72.8 Å². The lowest BCUT2D eigenvalue weighted by atomic mass is 9.90. The zero-order valence-corrected chi connectivity index (χ0v) is 16.5. The van der Waals surface area contributed by atoms with Gasteiger partial charge in [0.15, 0.2) is 0 Å². The zero-order chi connectivity index (χ0) is 20.1. The maximum Gasteiger partial charge on any atom is 0.123 e. The van der Waals surface area contributed by atoms with E-state index in [0.29, 0.717) is 0 Å². The van der Waals surface area contributed by atoms with Crippen molar-refractivity contribution in [3.05, 3.63) is 107 Å². The van der Waals surface area contributed by atoms with Crippen LogP contribution in [0, 0.1) is 11.6 Å². The molecule has 0 radical (unpaired) electrons. The van der Waals surface area contributed by atoms with Crippen molar-refractivity contribution >= 4 is 0 Å². The molecule has 1 unspecified atom stereocenters. The van der Waals surface area contributed by atoms with Gasteiger partial charge in [-0.3, -0.25) is 4.90 Å². The minimum Gasteiger partial charge on any atom is -0.311 e. The van der Waals surface area contributed by atoms with E-state index in [1.807, 2.05) is 24.3 Å². The summed E-state index contributed by atoms with van der Waals surface area (Å²) < 4.78 is 27.0. The molecule has 29 heavy (non-hydrogen) atoms. The van der Waals surface area contributed by atoms with E-state index in [1.54, 1.807) is 12.1 Å². The monoisotopic (exact) mass is 392 g/mol. The van der Waals surface area contributed by atoms with E-state index in [1.165, 1.54) is 23.3 Å².